The summed E-state index contributed by atoms with van der Waals surface area (Å²) in [7, 11) is 0. The summed E-state index contributed by atoms with van der Waals surface area (Å²) < 4.78 is 0. The van der Waals surface area contributed by atoms with E-state index in [-0.39, 0.29) is 0 Å². The van der Waals surface area contributed by atoms with Crippen molar-refractivity contribution in [2.45, 2.75) is 6.04 Å². The summed E-state index contributed by atoms with van der Waals surface area (Å²) in [6.45, 7) is -0.431. The summed E-state index contributed by atoms with van der Waals surface area (Å²) in [5.41, 5.74) is 0. The van der Waals surface area contributed by atoms with Gasteiger partial charge in [-0.3, -0.25) is 24.5 Å². The number of hydrogen-bond acceptors (Lipinski definition) is 5. The van der Waals surface area contributed by atoms with E-state index in [1.807, 2.05) is 0 Å². The molecule has 1 fully saturated rings. The predicted octanol–water partition coefficient (Wildman–Crippen LogP) is -2.12. The summed E-state index contributed by atoms with van der Waals surface area (Å²) in [5.74, 6) is -6.96. The Labute approximate surface area is 77.7 Å². The second kappa shape index (κ2) is 3.54. The lowest BCUT2D eigenvalue weighted by Gasteiger charge is -2.23. The molecule has 0 amide bonds. The van der Waals surface area contributed by atoms with E-state index in [0.29, 0.717) is 0 Å². The van der Waals surface area contributed by atoms with E-state index in [4.69, 9.17) is 10.2 Å². The van der Waals surface area contributed by atoms with Crippen LogP contribution in [0.1, 0.15) is 0 Å². The molecule has 0 aliphatic carbocycles. The van der Waals surface area contributed by atoms with Gasteiger partial charge in [-0.1, -0.05) is 0 Å². The zero-order valence-electron chi connectivity index (χ0n) is 6.89. The van der Waals surface area contributed by atoms with Crippen LogP contribution in [0.4, 0.5) is 0 Å². The second-order valence-electron chi connectivity index (χ2n) is 2.80. The van der Waals surface area contributed by atoms with E-state index in [1.165, 1.54) is 0 Å². The lowest BCUT2D eigenvalue weighted by Crippen LogP contribution is -2.58. The van der Waals surface area contributed by atoms with E-state index < -0.39 is 42.0 Å². The Morgan fingerprint density at radius 2 is 1.79 bits per heavy atom. The molecule has 1 aliphatic heterocycles. The molecule has 1 rings (SSSR count). The molecule has 7 nitrogen and oxygen atoms in total. The molecule has 7 heteroatoms. The third-order valence-corrected chi connectivity index (χ3v) is 1.91. The molecule has 0 aromatic rings. The van der Waals surface area contributed by atoms with Crippen LogP contribution in [0.3, 0.4) is 0 Å². The summed E-state index contributed by atoms with van der Waals surface area (Å²) in [6, 6.07) is -1.53. The fourth-order valence-corrected chi connectivity index (χ4v) is 1.22. The second-order valence-corrected chi connectivity index (χ2v) is 2.80. The molecular formula is C7H7NO6. The van der Waals surface area contributed by atoms with Crippen LogP contribution in [0.25, 0.3) is 0 Å². The number of carboxylic acids is 2. The van der Waals surface area contributed by atoms with Crippen molar-refractivity contribution in [2.24, 2.45) is 5.92 Å². The van der Waals surface area contributed by atoms with Gasteiger partial charge in [0, 0.05) is 0 Å². The maximum Gasteiger partial charge on any atom is 0.322 e. The van der Waals surface area contributed by atoms with Crippen molar-refractivity contribution in [3.05, 3.63) is 0 Å². The maximum atomic E-state index is 11.0. The van der Waals surface area contributed by atoms with Gasteiger partial charge in [0.2, 0.25) is 11.6 Å². The van der Waals surface area contributed by atoms with E-state index in [1.54, 1.807) is 0 Å². The molecule has 0 aromatic heterocycles. The third-order valence-electron chi connectivity index (χ3n) is 1.91. The van der Waals surface area contributed by atoms with Crippen molar-refractivity contribution >= 4 is 23.5 Å². The van der Waals surface area contributed by atoms with Crippen molar-refractivity contribution in [1.82, 2.24) is 5.32 Å². The van der Waals surface area contributed by atoms with Crippen LogP contribution in [0.5, 0.6) is 0 Å². The highest BCUT2D eigenvalue weighted by Gasteiger charge is 2.45. The molecule has 0 saturated carbocycles. The lowest BCUT2D eigenvalue weighted by atomic mass is 9.89. The van der Waals surface area contributed by atoms with E-state index >= 15 is 0 Å². The number of ketones is 2. The molecule has 1 aliphatic rings. The van der Waals surface area contributed by atoms with Crippen LogP contribution in [-0.4, -0.2) is 46.3 Å². The van der Waals surface area contributed by atoms with E-state index in [9.17, 15) is 19.2 Å². The molecule has 2 atom stereocenters. The molecule has 76 valence electrons. The number of carboxylic acid groups (broad SMARTS) is 2. The largest absolute Gasteiger partial charge is 0.481 e. The first kappa shape index (κ1) is 10.3. The van der Waals surface area contributed by atoms with Gasteiger partial charge < -0.3 is 10.2 Å². The van der Waals surface area contributed by atoms with Gasteiger partial charge >= 0.3 is 11.9 Å². The Bertz CT molecular complexity index is 322. The molecular weight excluding hydrogens is 194 g/mol. The monoisotopic (exact) mass is 201 g/mol. The van der Waals surface area contributed by atoms with Crippen LogP contribution in [0, 0.1) is 5.92 Å². The molecule has 1 saturated heterocycles. The molecule has 0 radical (unpaired) electrons. The number of carbonyl (C=O) groups excluding carboxylic acids is 2. The number of hydrogen-bond donors (Lipinski definition) is 3. The van der Waals surface area contributed by atoms with Crippen LogP contribution < -0.4 is 5.32 Å². The van der Waals surface area contributed by atoms with Crippen LogP contribution in [-0.2, 0) is 19.2 Å². The first-order valence-corrected chi connectivity index (χ1v) is 3.71. The molecule has 0 aromatic carbocycles. The average Bonchev–Trinajstić information content (AvgIpc) is 2.08. The molecule has 3 N–H and O–H groups in total. The van der Waals surface area contributed by atoms with Crippen LogP contribution >= 0.6 is 0 Å². The van der Waals surface area contributed by atoms with Gasteiger partial charge in [-0.05, 0) is 0 Å². The smallest absolute Gasteiger partial charge is 0.322 e. The molecule has 0 bridgehead atoms. The van der Waals surface area contributed by atoms with Crippen molar-refractivity contribution in [2.75, 3.05) is 6.54 Å². The number of nitrogens with one attached hydrogen (secondary N) is 1. The average molecular weight is 201 g/mol. The fraction of sp³-hybridized carbons (Fsp3) is 0.429. The van der Waals surface area contributed by atoms with Gasteiger partial charge in [0.25, 0.3) is 0 Å². The number of carbonyl (C=O) groups is 4. The van der Waals surface area contributed by atoms with Crippen molar-refractivity contribution in [3.63, 3.8) is 0 Å². The zero-order valence-corrected chi connectivity index (χ0v) is 6.89. The Hall–Kier alpha value is -1.76. The van der Waals surface area contributed by atoms with Gasteiger partial charge in [-0.2, -0.15) is 0 Å². The summed E-state index contributed by atoms with van der Waals surface area (Å²) in [4.78, 5) is 42.9. The summed E-state index contributed by atoms with van der Waals surface area (Å²) in [6.07, 6.45) is 0. The SMILES string of the molecule is O=C1CNC(C(=O)O)C(C(=O)O)C1=O. The Balaban J connectivity index is 2.99. The highest BCUT2D eigenvalue weighted by atomic mass is 16.4. The maximum absolute atomic E-state index is 11.0. The highest BCUT2D eigenvalue weighted by molar-refractivity contribution is 6.43. The lowest BCUT2D eigenvalue weighted by molar-refractivity contribution is -0.159. The van der Waals surface area contributed by atoms with E-state index in [2.05, 4.69) is 5.32 Å². The summed E-state index contributed by atoms with van der Waals surface area (Å²) in [5, 5.41) is 19.3. The Morgan fingerprint density at radius 3 is 2.21 bits per heavy atom. The van der Waals surface area contributed by atoms with Gasteiger partial charge in [-0.15, -0.1) is 0 Å². The number of piperidine rings is 1. The third kappa shape index (κ3) is 1.62. The van der Waals surface area contributed by atoms with E-state index in [0.717, 1.165) is 0 Å². The van der Waals surface area contributed by atoms with Crippen molar-refractivity contribution < 1.29 is 29.4 Å². The number of rotatable bonds is 2. The zero-order chi connectivity index (χ0) is 10.9. The minimum atomic E-state index is -1.83. The topological polar surface area (TPSA) is 121 Å². The first-order valence-electron chi connectivity index (χ1n) is 3.71. The predicted molar refractivity (Wildman–Crippen MR) is 40.6 cm³/mol. The van der Waals surface area contributed by atoms with Gasteiger partial charge in [0.05, 0.1) is 6.54 Å². The molecule has 1 heterocycles. The highest BCUT2D eigenvalue weighted by Crippen LogP contribution is 2.11. The quantitative estimate of drug-likeness (QED) is 0.345. The first-order chi connectivity index (χ1) is 6.45. The Morgan fingerprint density at radius 1 is 1.21 bits per heavy atom. The van der Waals surface area contributed by atoms with Gasteiger partial charge in [0.1, 0.15) is 12.0 Å². The minimum Gasteiger partial charge on any atom is -0.481 e. The van der Waals surface area contributed by atoms with Gasteiger partial charge in [-0.25, -0.2) is 0 Å². The van der Waals surface area contributed by atoms with Crippen LogP contribution in [0.15, 0.2) is 0 Å². The summed E-state index contributed by atoms with van der Waals surface area (Å²) >= 11 is 0. The molecule has 14 heavy (non-hydrogen) atoms. The number of aliphatic carboxylic acids is 2. The molecule has 0 spiro atoms. The standard InChI is InChI=1S/C7H7NO6/c9-2-1-8-4(7(13)14)3(5(2)10)6(11)12/h3-4,8H,1H2,(H,11,12)(H,13,14). The number of Topliss-reactive ketones (excluding diaryl/α,β-unsaturated/α-hetero) is 2. The van der Waals surface area contributed by atoms with Crippen LogP contribution in [0.2, 0.25) is 0 Å². The minimum absolute atomic E-state index is 0.431. The molecule has 2 unspecified atom stereocenters. The Kier molecular flexibility index (Phi) is 2.61. The van der Waals surface area contributed by atoms with Crippen molar-refractivity contribution in [1.29, 1.82) is 0 Å². The van der Waals surface area contributed by atoms with Gasteiger partial charge in [0.15, 0.2) is 0 Å². The fourth-order valence-electron chi connectivity index (χ4n) is 1.22. The normalized spacial score (nSPS) is 27.4. The van der Waals surface area contributed by atoms with Crippen molar-refractivity contribution in [3.8, 4) is 0 Å².